The molecule has 1 atom stereocenters. The molecule has 0 heterocycles. The van der Waals surface area contributed by atoms with Crippen molar-refractivity contribution in [3.8, 4) is 5.75 Å². The third-order valence-corrected chi connectivity index (χ3v) is 6.30. The molecule has 0 saturated heterocycles. The lowest BCUT2D eigenvalue weighted by Crippen LogP contribution is -2.52. The number of hydrogen-bond acceptors (Lipinski definition) is 3. The van der Waals surface area contributed by atoms with Crippen molar-refractivity contribution in [2.75, 3.05) is 13.2 Å². The van der Waals surface area contributed by atoms with Crippen LogP contribution in [0.15, 0.2) is 72.8 Å². The average molecular weight is 487 g/mol. The minimum atomic E-state index is -0.665. The fraction of sp³-hybridized carbons (Fsp3) is 0.355. The highest BCUT2D eigenvalue weighted by atomic mass is 16.5. The van der Waals surface area contributed by atoms with E-state index in [-0.39, 0.29) is 18.4 Å². The third kappa shape index (κ3) is 7.70. The molecule has 3 aromatic rings. The Hall–Kier alpha value is -3.60. The Morgan fingerprint density at radius 1 is 0.889 bits per heavy atom. The molecule has 0 aliphatic heterocycles. The number of nitrogens with zero attached hydrogens (tertiary/aromatic N) is 1. The predicted octanol–water partition coefficient (Wildman–Crippen LogP) is 5.40. The molecule has 3 rings (SSSR count). The van der Waals surface area contributed by atoms with Gasteiger partial charge in [0.2, 0.25) is 5.91 Å². The summed E-state index contributed by atoms with van der Waals surface area (Å²) in [6.07, 6.45) is 0.422. The lowest BCUT2D eigenvalue weighted by Gasteiger charge is -2.32. The first-order valence-corrected chi connectivity index (χ1v) is 12.6. The third-order valence-electron chi connectivity index (χ3n) is 6.30. The summed E-state index contributed by atoms with van der Waals surface area (Å²) in [6.45, 7) is 10.9. The van der Waals surface area contributed by atoms with Crippen molar-refractivity contribution in [2.45, 2.75) is 53.6 Å². The van der Waals surface area contributed by atoms with Gasteiger partial charge in [-0.3, -0.25) is 9.59 Å². The summed E-state index contributed by atoms with van der Waals surface area (Å²) < 4.78 is 5.98. The van der Waals surface area contributed by atoms with Crippen LogP contribution in [-0.4, -0.2) is 35.9 Å². The van der Waals surface area contributed by atoms with Crippen LogP contribution >= 0.6 is 0 Å². The molecular weight excluding hydrogens is 448 g/mol. The smallest absolute Gasteiger partial charge is 0.261 e. The van der Waals surface area contributed by atoms with Gasteiger partial charge in [0.25, 0.3) is 5.91 Å². The minimum absolute atomic E-state index is 0.140. The molecule has 190 valence electrons. The molecular formula is C31H38N2O3. The van der Waals surface area contributed by atoms with Crippen molar-refractivity contribution >= 4 is 11.8 Å². The summed E-state index contributed by atoms with van der Waals surface area (Å²) in [5.74, 6) is 0.612. The van der Waals surface area contributed by atoms with Crippen LogP contribution in [0.5, 0.6) is 5.75 Å². The summed E-state index contributed by atoms with van der Waals surface area (Å²) in [7, 11) is 0. The monoisotopic (exact) mass is 486 g/mol. The van der Waals surface area contributed by atoms with Gasteiger partial charge >= 0.3 is 0 Å². The molecule has 5 nitrogen and oxygen atoms in total. The van der Waals surface area contributed by atoms with Crippen LogP contribution in [0.25, 0.3) is 0 Å². The van der Waals surface area contributed by atoms with Gasteiger partial charge in [-0.25, -0.2) is 0 Å². The zero-order valence-corrected chi connectivity index (χ0v) is 22.1. The lowest BCUT2D eigenvalue weighted by atomic mass is 10.0. The van der Waals surface area contributed by atoms with Crippen molar-refractivity contribution in [3.05, 3.63) is 101 Å². The summed E-state index contributed by atoms with van der Waals surface area (Å²) in [5, 5.41) is 3.05. The Morgan fingerprint density at radius 2 is 1.58 bits per heavy atom. The molecule has 0 aliphatic rings. The molecule has 1 N–H and O–H groups in total. The largest absolute Gasteiger partial charge is 0.483 e. The van der Waals surface area contributed by atoms with Gasteiger partial charge in [0.1, 0.15) is 11.8 Å². The molecule has 0 spiro atoms. The van der Waals surface area contributed by atoms with Crippen LogP contribution in [0.3, 0.4) is 0 Å². The van der Waals surface area contributed by atoms with Gasteiger partial charge in [0, 0.05) is 19.5 Å². The van der Waals surface area contributed by atoms with Gasteiger partial charge in [-0.2, -0.15) is 0 Å². The number of nitrogens with one attached hydrogen (secondary N) is 1. The molecule has 36 heavy (non-hydrogen) atoms. The number of amides is 2. The van der Waals surface area contributed by atoms with E-state index >= 15 is 0 Å². The van der Waals surface area contributed by atoms with E-state index in [0.717, 1.165) is 27.8 Å². The maximum Gasteiger partial charge on any atom is 0.261 e. The second-order valence-corrected chi connectivity index (χ2v) is 9.84. The van der Waals surface area contributed by atoms with E-state index < -0.39 is 6.04 Å². The second-order valence-electron chi connectivity index (χ2n) is 9.84. The van der Waals surface area contributed by atoms with Crippen LogP contribution < -0.4 is 10.1 Å². The molecule has 0 saturated carbocycles. The zero-order valence-electron chi connectivity index (χ0n) is 22.1. The highest BCUT2D eigenvalue weighted by molar-refractivity contribution is 5.88. The Bertz CT molecular complexity index is 1160. The molecule has 0 aromatic heterocycles. The van der Waals surface area contributed by atoms with E-state index in [1.807, 2.05) is 87.5 Å². The van der Waals surface area contributed by atoms with E-state index in [2.05, 4.69) is 25.2 Å². The van der Waals surface area contributed by atoms with Gasteiger partial charge in [0.05, 0.1) is 0 Å². The number of aryl methyl sites for hydroxylation is 2. The molecule has 2 amide bonds. The van der Waals surface area contributed by atoms with Crippen molar-refractivity contribution in [1.29, 1.82) is 0 Å². The van der Waals surface area contributed by atoms with Gasteiger partial charge in [-0.15, -0.1) is 0 Å². The van der Waals surface area contributed by atoms with Gasteiger partial charge < -0.3 is 15.0 Å². The number of carbonyl (C=O) groups excluding carboxylic acids is 2. The topological polar surface area (TPSA) is 58.6 Å². The minimum Gasteiger partial charge on any atom is -0.483 e. The normalized spacial score (nSPS) is 11.7. The molecule has 0 aliphatic carbocycles. The van der Waals surface area contributed by atoms with Crippen LogP contribution in [0.1, 0.15) is 41.7 Å². The average Bonchev–Trinajstić information content (AvgIpc) is 2.86. The van der Waals surface area contributed by atoms with E-state index in [9.17, 15) is 9.59 Å². The predicted molar refractivity (Wildman–Crippen MR) is 145 cm³/mol. The molecule has 1 unspecified atom stereocenters. The summed E-state index contributed by atoms with van der Waals surface area (Å²) >= 11 is 0. The second kappa shape index (κ2) is 12.9. The highest BCUT2D eigenvalue weighted by Gasteiger charge is 2.30. The number of rotatable bonds is 11. The standard InChI is InChI=1S/C31H38N2O3/c1-22(2)19-32-31(35)28(18-26-13-7-6-8-14-26)33(20-27-15-9-11-23(3)17-27)30(34)21-36-29-16-10-12-24(4)25(29)5/h6-17,22,28H,18-21H2,1-5H3,(H,32,35). The van der Waals surface area contributed by atoms with Crippen molar-refractivity contribution in [1.82, 2.24) is 10.2 Å². The van der Waals surface area contributed by atoms with Crippen LogP contribution in [0.4, 0.5) is 0 Å². The molecule has 5 heteroatoms. The van der Waals surface area contributed by atoms with Crippen molar-refractivity contribution in [2.24, 2.45) is 5.92 Å². The van der Waals surface area contributed by atoms with E-state index in [4.69, 9.17) is 4.74 Å². The van der Waals surface area contributed by atoms with Gasteiger partial charge in [-0.1, -0.05) is 86.1 Å². The number of ether oxygens (including phenoxy) is 1. The first-order valence-electron chi connectivity index (χ1n) is 12.6. The molecule has 3 aromatic carbocycles. The van der Waals surface area contributed by atoms with Crippen molar-refractivity contribution < 1.29 is 14.3 Å². The van der Waals surface area contributed by atoms with Crippen molar-refractivity contribution in [3.63, 3.8) is 0 Å². The summed E-state index contributed by atoms with van der Waals surface area (Å²) in [6, 6.07) is 23.0. The first-order chi connectivity index (χ1) is 17.2. The SMILES string of the molecule is Cc1cccc(CN(C(=O)COc2cccc(C)c2C)C(Cc2ccccc2)C(=O)NCC(C)C)c1. The quantitative estimate of drug-likeness (QED) is 0.395. The molecule has 0 fully saturated rings. The summed E-state index contributed by atoms with van der Waals surface area (Å²) in [4.78, 5) is 28.8. The van der Waals surface area contributed by atoms with E-state index in [1.165, 1.54) is 0 Å². The molecule has 0 bridgehead atoms. The number of benzene rings is 3. The highest BCUT2D eigenvalue weighted by Crippen LogP contribution is 2.21. The molecule has 0 radical (unpaired) electrons. The zero-order chi connectivity index (χ0) is 26.1. The lowest BCUT2D eigenvalue weighted by molar-refractivity contribution is -0.142. The number of carbonyl (C=O) groups is 2. The fourth-order valence-corrected chi connectivity index (χ4v) is 4.09. The Balaban J connectivity index is 1.92. The van der Waals surface area contributed by atoms with Crippen LogP contribution in [0.2, 0.25) is 0 Å². The number of hydrogen-bond donors (Lipinski definition) is 1. The fourth-order valence-electron chi connectivity index (χ4n) is 4.09. The summed E-state index contributed by atoms with van der Waals surface area (Å²) in [5.41, 5.74) is 5.19. The Morgan fingerprint density at radius 3 is 2.28 bits per heavy atom. The van der Waals surface area contributed by atoms with E-state index in [0.29, 0.717) is 31.2 Å². The van der Waals surface area contributed by atoms with Crippen LogP contribution in [-0.2, 0) is 22.6 Å². The van der Waals surface area contributed by atoms with E-state index in [1.54, 1.807) is 4.90 Å². The van der Waals surface area contributed by atoms with Crippen LogP contribution in [0, 0.1) is 26.7 Å². The Labute approximate surface area is 215 Å². The van der Waals surface area contributed by atoms with Gasteiger partial charge in [-0.05, 0) is 55.0 Å². The maximum absolute atomic E-state index is 13.7. The first kappa shape index (κ1) is 27.0. The van der Waals surface area contributed by atoms with Gasteiger partial charge in [0.15, 0.2) is 6.61 Å². The maximum atomic E-state index is 13.7. The Kier molecular flexibility index (Phi) is 9.69.